The average Bonchev–Trinajstić information content (AvgIpc) is 2.99. The molecule has 4 rings (SSSR count). The van der Waals surface area contributed by atoms with Gasteiger partial charge in [-0.3, -0.25) is 35.1 Å². The van der Waals surface area contributed by atoms with Gasteiger partial charge in [0.15, 0.2) is 0 Å². The number of carbonyl (C=O) groups excluding carboxylic acids is 1. The molecule has 4 aliphatic rings. The molecule has 0 aromatic heterocycles. The Bertz CT molecular complexity index is 955. The first-order valence-electron chi connectivity index (χ1n) is 15.7. The number of carbonyl (C=O) groups is 2. The molecule has 4 N–H and O–H groups in total. The van der Waals surface area contributed by atoms with Gasteiger partial charge in [-0.05, 0) is 76.0 Å². The van der Waals surface area contributed by atoms with E-state index in [2.05, 4.69) is 15.7 Å². The molecule has 0 saturated heterocycles. The van der Waals surface area contributed by atoms with Crippen molar-refractivity contribution in [2.24, 2.45) is 23.7 Å². The maximum Gasteiger partial charge on any atom is 0.307 e. The maximum absolute atomic E-state index is 12.9. The van der Waals surface area contributed by atoms with Gasteiger partial charge in [0.2, 0.25) is 18.0 Å². The second-order valence-corrected chi connectivity index (χ2v) is 12.9. The number of carboxylic acid groups (broad SMARTS) is 1. The Morgan fingerprint density at radius 1 is 0.721 bits per heavy atom. The number of nitrogens with one attached hydrogen (secondary N) is 2. The number of hydrogen-bond donors (Lipinski definition) is 4. The lowest BCUT2D eigenvalue weighted by atomic mass is 9.76. The van der Waals surface area contributed by atoms with E-state index < -0.39 is 40.7 Å². The van der Waals surface area contributed by atoms with Crippen LogP contribution in [0.15, 0.2) is 0 Å². The van der Waals surface area contributed by atoms with Crippen molar-refractivity contribution in [3.8, 4) is 0 Å². The number of amides is 1. The molecule has 0 bridgehead atoms. The molecule has 1 amide bonds. The van der Waals surface area contributed by atoms with Gasteiger partial charge < -0.3 is 20.0 Å². The van der Waals surface area contributed by atoms with E-state index >= 15 is 0 Å². The monoisotopic (exact) mass is 614 g/mol. The van der Waals surface area contributed by atoms with Crippen molar-refractivity contribution in [2.45, 2.75) is 126 Å². The Morgan fingerprint density at radius 2 is 1.30 bits per heavy atom. The topological polar surface area (TPSA) is 213 Å². The van der Waals surface area contributed by atoms with E-state index in [1.54, 1.807) is 0 Å². The Hall–Kier alpha value is -2.46. The predicted octanol–water partition coefficient (Wildman–Crippen LogP) is 2.96. The average molecular weight is 615 g/mol. The van der Waals surface area contributed by atoms with Crippen molar-refractivity contribution in [1.82, 2.24) is 10.8 Å². The Labute approximate surface area is 250 Å². The lowest BCUT2D eigenvalue weighted by Gasteiger charge is -2.36. The second-order valence-electron chi connectivity index (χ2n) is 12.9. The SMILES string of the molecule is O=C(O)C1CCC([N+](=O)[O-])CC1C(=O)NC1CCC(OC2CCC(NOCC3CC([N+](=O)[O-])CCC3COO)CC2)CC1. The summed E-state index contributed by atoms with van der Waals surface area (Å²) in [5.41, 5.74) is 3.13. The van der Waals surface area contributed by atoms with Crippen LogP contribution in [0.1, 0.15) is 89.9 Å². The fourth-order valence-corrected chi connectivity index (χ4v) is 7.45. The minimum Gasteiger partial charge on any atom is -0.481 e. The van der Waals surface area contributed by atoms with Crippen LogP contribution in [0.5, 0.6) is 0 Å². The summed E-state index contributed by atoms with van der Waals surface area (Å²) in [6.45, 7) is 0.466. The highest BCUT2D eigenvalue weighted by Gasteiger charge is 2.44. The minimum atomic E-state index is -1.08. The molecular formula is C28H46N4O11. The van der Waals surface area contributed by atoms with Crippen LogP contribution >= 0.6 is 0 Å². The summed E-state index contributed by atoms with van der Waals surface area (Å²) in [5, 5.41) is 43.9. The lowest BCUT2D eigenvalue weighted by Crippen LogP contribution is -2.48. The molecule has 43 heavy (non-hydrogen) atoms. The molecule has 15 nitrogen and oxygen atoms in total. The van der Waals surface area contributed by atoms with E-state index in [4.69, 9.17) is 14.8 Å². The van der Waals surface area contributed by atoms with Gasteiger partial charge in [0.25, 0.3) is 0 Å². The number of rotatable bonds is 13. The molecule has 15 heteroatoms. The minimum absolute atomic E-state index is 0.0189. The number of hydrogen-bond acceptors (Lipinski definition) is 11. The summed E-state index contributed by atoms with van der Waals surface area (Å²) >= 11 is 0. The van der Waals surface area contributed by atoms with Gasteiger partial charge in [0.05, 0.1) is 37.3 Å². The largest absolute Gasteiger partial charge is 0.481 e. The zero-order valence-electron chi connectivity index (χ0n) is 24.6. The van der Waals surface area contributed by atoms with E-state index in [1.165, 1.54) is 0 Å². The van der Waals surface area contributed by atoms with E-state index in [9.17, 15) is 34.9 Å². The quantitative estimate of drug-likeness (QED) is 0.134. The van der Waals surface area contributed by atoms with Crippen molar-refractivity contribution in [1.29, 1.82) is 0 Å². The molecule has 6 atom stereocenters. The van der Waals surface area contributed by atoms with Crippen molar-refractivity contribution < 1.29 is 44.3 Å². The number of hydroxylamine groups is 1. The number of ether oxygens (including phenoxy) is 1. The standard InChI is InChI=1S/C28H46N4O11/c33-27(26-14-22(32(38)39)7-12-25(26)28(34)35)29-19-2-8-23(9-3-19)43-24-10-4-20(5-11-24)30-41-15-18-13-21(31(36)37)6-1-17(18)16-42-40/h17-26,30,40H,1-16H2,(H,29,33)(H,34,35). The fourth-order valence-electron chi connectivity index (χ4n) is 7.45. The third-order valence-electron chi connectivity index (χ3n) is 10.1. The van der Waals surface area contributed by atoms with Crippen molar-refractivity contribution in [3.05, 3.63) is 20.2 Å². The molecule has 4 fully saturated rings. The van der Waals surface area contributed by atoms with Crippen molar-refractivity contribution >= 4 is 11.9 Å². The second kappa shape index (κ2) is 16.0. The summed E-state index contributed by atoms with van der Waals surface area (Å²) in [4.78, 5) is 56.6. The smallest absolute Gasteiger partial charge is 0.307 e. The number of nitrogens with zero attached hydrogens (tertiary/aromatic N) is 2. The van der Waals surface area contributed by atoms with Gasteiger partial charge in [0.1, 0.15) is 0 Å². The molecule has 0 aromatic carbocycles. The number of nitro groups is 2. The lowest BCUT2D eigenvalue weighted by molar-refractivity contribution is -0.529. The molecule has 0 radical (unpaired) electrons. The van der Waals surface area contributed by atoms with Gasteiger partial charge in [-0.25, -0.2) is 4.89 Å². The molecule has 0 aliphatic heterocycles. The zero-order chi connectivity index (χ0) is 30.9. The van der Waals surface area contributed by atoms with Crippen LogP contribution in [0.3, 0.4) is 0 Å². The Kier molecular flexibility index (Phi) is 12.5. The van der Waals surface area contributed by atoms with Crippen LogP contribution in [-0.4, -0.2) is 81.7 Å². The van der Waals surface area contributed by atoms with Crippen LogP contribution in [-0.2, 0) is 24.1 Å². The molecule has 4 aliphatic carbocycles. The van der Waals surface area contributed by atoms with E-state index in [0.29, 0.717) is 38.7 Å². The third kappa shape index (κ3) is 9.51. The predicted molar refractivity (Wildman–Crippen MR) is 150 cm³/mol. The summed E-state index contributed by atoms with van der Waals surface area (Å²) in [5.74, 6) is -3.30. The summed E-state index contributed by atoms with van der Waals surface area (Å²) in [7, 11) is 0. The van der Waals surface area contributed by atoms with Crippen LogP contribution in [0.25, 0.3) is 0 Å². The molecule has 6 unspecified atom stereocenters. The van der Waals surface area contributed by atoms with Gasteiger partial charge in [-0.2, -0.15) is 5.48 Å². The first-order valence-corrected chi connectivity index (χ1v) is 15.7. The fraction of sp³-hybridized carbons (Fsp3) is 0.929. The highest BCUT2D eigenvalue weighted by molar-refractivity contribution is 5.85. The first-order chi connectivity index (χ1) is 20.6. The molecule has 0 heterocycles. The summed E-state index contributed by atoms with van der Waals surface area (Å²) in [6, 6.07) is -1.40. The highest BCUT2D eigenvalue weighted by atomic mass is 17.1. The number of aliphatic carboxylic acids is 1. The highest BCUT2D eigenvalue weighted by Crippen LogP contribution is 2.34. The van der Waals surface area contributed by atoms with Crippen molar-refractivity contribution in [3.63, 3.8) is 0 Å². The molecule has 244 valence electrons. The van der Waals surface area contributed by atoms with Crippen LogP contribution in [0, 0.1) is 43.9 Å². The molecule has 0 aromatic rings. The van der Waals surface area contributed by atoms with Crippen LogP contribution < -0.4 is 10.8 Å². The number of carboxylic acids is 1. The van der Waals surface area contributed by atoms with Gasteiger partial charge in [0, 0.05) is 47.6 Å². The Balaban J connectivity index is 1.12. The van der Waals surface area contributed by atoms with E-state index in [1.807, 2.05) is 0 Å². The zero-order valence-corrected chi connectivity index (χ0v) is 24.6. The Morgan fingerprint density at radius 3 is 1.88 bits per heavy atom. The summed E-state index contributed by atoms with van der Waals surface area (Å²) < 4.78 is 6.38. The normalized spacial score (nSPS) is 36.9. The van der Waals surface area contributed by atoms with Gasteiger partial charge in [-0.1, -0.05) is 0 Å². The van der Waals surface area contributed by atoms with E-state index in [-0.39, 0.29) is 66.9 Å². The van der Waals surface area contributed by atoms with Crippen LogP contribution in [0.2, 0.25) is 0 Å². The molecule has 4 saturated carbocycles. The van der Waals surface area contributed by atoms with Crippen LogP contribution in [0.4, 0.5) is 0 Å². The van der Waals surface area contributed by atoms with Crippen molar-refractivity contribution in [2.75, 3.05) is 13.2 Å². The maximum atomic E-state index is 12.9. The molecule has 0 spiro atoms. The molecular weight excluding hydrogens is 568 g/mol. The van der Waals surface area contributed by atoms with E-state index in [0.717, 1.165) is 38.5 Å². The first kappa shape index (κ1) is 33.4. The van der Waals surface area contributed by atoms with Gasteiger partial charge >= 0.3 is 5.97 Å². The third-order valence-corrected chi connectivity index (χ3v) is 10.1. The van der Waals surface area contributed by atoms with Gasteiger partial charge in [-0.15, -0.1) is 0 Å². The summed E-state index contributed by atoms with van der Waals surface area (Å²) in [6.07, 6.45) is 8.48.